The molecular formula is C27H27N5O. The maximum atomic E-state index is 12.6. The average Bonchev–Trinajstić information content (AvgIpc) is 2.81. The maximum Gasteiger partial charge on any atom is 0.229 e. The van der Waals surface area contributed by atoms with E-state index >= 15 is 0 Å². The SMILES string of the molecule is Cc1cc(N(C)C)nc(Nc2ccc(NC(=O)Cc3cccc(-c4ccccc4)c3)cc2)n1. The van der Waals surface area contributed by atoms with E-state index in [1.165, 1.54) is 0 Å². The van der Waals surface area contributed by atoms with Crippen LogP contribution in [0.2, 0.25) is 0 Å². The van der Waals surface area contributed by atoms with Crippen molar-refractivity contribution in [3.8, 4) is 11.1 Å². The Balaban J connectivity index is 1.38. The summed E-state index contributed by atoms with van der Waals surface area (Å²) in [6.45, 7) is 1.94. The monoisotopic (exact) mass is 437 g/mol. The normalized spacial score (nSPS) is 10.5. The minimum absolute atomic E-state index is 0.0569. The van der Waals surface area contributed by atoms with Gasteiger partial charge < -0.3 is 15.5 Å². The lowest BCUT2D eigenvalue weighted by Gasteiger charge is -2.14. The first kappa shape index (κ1) is 22.0. The molecule has 0 fully saturated rings. The van der Waals surface area contributed by atoms with Crippen molar-refractivity contribution in [3.05, 3.63) is 96.2 Å². The van der Waals surface area contributed by atoms with E-state index in [0.29, 0.717) is 12.4 Å². The number of nitrogens with one attached hydrogen (secondary N) is 2. The van der Waals surface area contributed by atoms with Crippen LogP contribution in [0.1, 0.15) is 11.3 Å². The highest BCUT2D eigenvalue weighted by atomic mass is 16.1. The van der Waals surface area contributed by atoms with E-state index in [2.05, 4.69) is 44.9 Å². The van der Waals surface area contributed by atoms with Crippen LogP contribution >= 0.6 is 0 Å². The van der Waals surface area contributed by atoms with Gasteiger partial charge in [0.15, 0.2) is 0 Å². The fraction of sp³-hybridized carbons (Fsp3) is 0.148. The summed E-state index contributed by atoms with van der Waals surface area (Å²) in [5.74, 6) is 1.32. The van der Waals surface area contributed by atoms with Crippen LogP contribution < -0.4 is 15.5 Å². The van der Waals surface area contributed by atoms with E-state index in [1.807, 2.05) is 86.6 Å². The molecule has 0 atom stereocenters. The molecule has 1 amide bonds. The molecule has 4 aromatic rings. The second-order valence-corrected chi connectivity index (χ2v) is 8.08. The number of carbonyl (C=O) groups excluding carboxylic acids is 1. The number of anilines is 4. The van der Waals surface area contributed by atoms with Crippen LogP contribution in [0.25, 0.3) is 11.1 Å². The summed E-state index contributed by atoms with van der Waals surface area (Å²) in [5, 5.41) is 6.19. The summed E-state index contributed by atoms with van der Waals surface area (Å²) in [7, 11) is 3.89. The molecule has 0 aliphatic carbocycles. The first-order chi connectivity index (χ1) is 16.0. The summed E-state index contributed by atoms with van der Waals surface area (Å²) >= 11 is 0. The molecule has 2 N–H and O–H groups in total. The Labute approximate surface area is 194 Å². The van der Waals surface area contributed by atoms with Gasteiger partial charge in [0.2, 0.25) is 11.9 Å². The largest absolute Gasteiger partial charge is 0.363 e. The Kier molecular flexibility index (Phi) is 6.64. The summed E-state index contributed by atoms with van der Waals surface area (Å²) in [6.07, 6.45) is 0.311. The Morgan fingerprint density at radius 2 is 1.52 bits per heavy atom. The third kappa shape index (κ3) is 5.95. The molecule has 0 radical (unpaired) electrons. The Morgan fingerprint density at radius 1 is 0.818 bits per heavy atom. The van der Waals surface area contributed by atoms with E-state index in [1.54, 1.807) is 0 Å². The number of hydrogen-bond acceptors (Lipinski definition) is 5. The van der Waals surface area contributed by atoms with Crippen molar-refractivity contribution in [2.75, 3.05) is 29.6 Å². The fourth-order valence-electron chi connectivity index (χ4n) is 3.48. The zero-order valence-electron chi connectivity index (χ0n) is 19.0. The highest BCUT2D eigenvalue weighted by Gasteiger charge is 2.07. The Bertz CT molecular complexity index is 1240. The lowest BCUT2D eigenvalue weighted by molar-refractivity contribution is -0.115. The van der Waals surface area contributed by atoms with Gasteiger partial charge in [-0.3, -0.25) is 4.79 Å². The standard InChI is InChI=1S/C27H27N5O/c1-19-16-25(32(2)3)31-27(28-19)30-24-14-12-23(13-15-24)29-26(33)18-20-8-7-11-22(17-20)21-9-5-4-6-10-21/h4-17H,18H2,1-3H3,(H,29,33)(H,28,30,31). The number of rotatable bonds is 7. The maximum absolute atomic E-state index is 12.6. The third-order valence-corrected chi connectivity index (χ3v) is 5.12. The van der Waals surface area contributed by atoms with Crippen molar-refractivity contribution >= 4 is 29.0 Å². The predicted octanol–water partition coefficient (Wildman–Crippen LogP) is 5.44. The molecule has 0 bridgehead atoms. The van der Waals surface area contributed by atoms with Gasteiger partial charge in [0.1, 0.15) is 5.82 Å². The number of aryl methyl sites for hydroxylation is 1. The molecule has 6 nitrogen and oxygen atoms in total. The molecule has 0 unspecified atom stereocenters. The van der Waals surface area contributed by atoms with E-state index in [9.17, 15) is 4.79 Å². The molecule has 0 saturated carbocycles. The third-order valence-electron chi connectivity index (χ3n) is 5.12. The van der Waals surface area contributed by atoms with Crippen LogP contribution in [0.4, 0.5) is 23.1 Å². The van der Waals surface area contributed by atoms with Gasteiger partial charge in [-0.15, -0.1) is 0 Å². The summed E-state index contributed by atoms with van der Waals surface area (Å²) in [5.41, 5.74) is 5.69. The molecule has 4 rings (SSSR count). The van der Waals surface area contributed by atoms with Gasteiger partial charge >= 0.3 is 0 Å². The minimum Gasteiger partial charge on any atom is -0.363 e. The Hall–Kier alpha value is -4.19. The highest BCUT2D eigenvalue weighted by Crippen LogP contribution is 2.22. The highest BCUT2D eigenvalue weighted by molar-refractivity contribution is 5.92. The second-order valence-electron chi connectivity index (χ2n) is 8.08. The van der Waals surface area contributed by atoms with Crippen molar-refractivity contribution in [2.24, 2.45) is 0 Å². The van der Waals surface area contributed by atoms with Gasteiger partial charge in [-0.05, 0) is 47.9 Å². The van der Waals surface area contributed by atoms with Crippen molar-refractivity contribution in [2.45, 2.75) is 13.3 Å². The van der Waals surface area contributed by atoms with Crippen LogP contribution in [-0.2, 0) is 11.2 Å². The van der Waals surface area contributed by atoms with Crippen molar-refractivity contribution in [3.63, 3.8) is 0 Å². The summed E-state index contributed by atoms with van der Waals surface area (Å²) in [6, 6.07) is 27.7. The van der Waals surface area contributed by atoms with Crippen molar-refractivity contribution in [1.29, 1.82) is 0 Å². The van der Waals surface area contributed by atoms with Gasteiger partial charge in [0.05, 0.1) is 6.42 Å². The van der Waals surface area contributed by atoms with Crippen molar-refractivity contribution < 1.29 is 4.79 Å². The summed E-state index contributed by atoms with van der Waals surface area (Å²) in [4.78, 5) is 23.5. The van der Waals surface area contributed by atoms with Crippen LogP contribution in [0.3, 0.4) is 0 Å². The molecule has 33 heavy (non-hydrogen) atoms. The Morgan fingerprint density at radius 3 is 2.24 bits per heavy atom. The smallest absolute Gasteiger partial charge is 0.229 e. The van der Waals surface area contributed by atoms with Gasteiger partial charge in [0.25, 0.3) is 0 Å². The number of aromatic nitrogens is 2. The van der Waals surface area contributed by atoms with E-state index in [-0.39, 0.29) is 5.91 Å². The van der Waals surface area contributed by atoms with E-state index in [0.717, 1.165) is 39.6 Å². The molecule has 3 aromatic carbocycles. The molecular weight excluding hydrogens is 410 g/mol. The number of amides is 1. The molecule has 1 aromatic heterocycles. The first-order valence-corrected chi connectivity index (χ1v) is 10.8. The zero-order chi connectivity index (χ0) is 23.2. The molecule has 0 aliphatic rings. The lowest BCUT2D eigenvalue weighted by atomic mass is 10.0. The van der Waals surface area contributed by atoms with Crippen molar-refractivity contribution in [1.82, 2.24) is 9.97 Å². The number of hydrogen-bond donors (Lipinski definition) is 2. The zero-order valence-corrected chi connectivity index (χ0v) is 19.0. The summed E-state index contributed by atoms with van der Waals surface area (Å²) < 4.78 is 0. The van der Waals surface area contributed by atoms with Crippen LogP contribution in [0.15, 0.2) is 84.9 Å². The molecule has 0 saturated heterocycles. The number of nitrogens with zero attached hydrogens (tertiary/aromatic N) is 3. The van der Waals surface area contributed by atoms with Gasteiger partial charge in [-0.25, -0.2) is 4.98 Å². The molecule has 166 valence electrons. The fourth-order valence-corrected chi connectivity index (χ4v) is 3.48. The van der Waals surface area contributed by atoms with Crippen LogP contribution in [0, 0.1) is 6.92 Å². The quantitative estimate of drug-likeness (QED) is 0.403. The van der Waals surface area contributed by atoms with Crippen LogP contribution in [-0.4, -0.2) is 30.0 Å². The minimum atomic E-state index is -0.0569. The molecule has 6 heteroatoms. The molecule has 0 aliphatic heterocycles. The number of carbonyl (C=O) groups is 1. The van der Waals surface area contributed by atoms with Gasteiger partial charge in [-0.2, -0.15) is 4.98 Å². The van der Waals surface area contributed by atoms with E-state index in [4.69, 9.17) is 0 Å². The predicted molar refractivity (Wildman–Crippen MR) is 135 cm³/mol. The molecule has 1 heterocycles. The lowest BCUT2D eigenvalue weighted by Crippen LogP contribution is -2.14. The topological polar surface area (TPSA) is 70.2 Å². The van der Waals surface area contributed by atoms with Gasteiger partial charge in [0, 0.05) is 37.2 Å². The van der Waals surface area contributed by atoms with Gasteiger partial charge in [-0.1, -0.05) is 54.6 Å². The average molecular weight is 438 g/mol. The number of benzene rings is 3. The van der Waals surface area contributed by atoms with Crippen LogP contribution in [0.5, 0.6) is 0 Å². The van der Waals surface area contributed by atoms with E-state index < -0.39 is 0 Å². The second kappa shape index (κ2) is 9.96. The first-order valence-electron chi connectivity index (χ1n) is 10.8. The molecule has 0 spiro atoms.